The number of ether oxygens (including phenoxy) is 1. The Balaban J connectivity index is 2.22. The van der Waals surface area contributed by atoms with E-state index in [0.29, 0.717) is 6.42 Å². The van der Waals surface area contributed by atoms with Crippen LogP contribution >= 0.6 is 0 Å². The smallest absolute Gasteiger partial charge is 0.165 e. The highest BCUT2D eigenvalue weighted by Crippen LogP contribution is 2.51. The van der Waals surface area contributed by atoms with E-state index in [9.17, 15) is 9.50 Å². The van der Waals surface area contributed by atoms with Gasteiger partial charge in [0.25, 0.3) is 0 Å². The molecule has 0 spiro atoms. The van der Waals surface area contributed by atoms with Crippen LogP contribution in [-0.4, -0.2) is 17.8 Å². The number of rotatable bonds is 3. The van der Waals surface area contributed by atoms with E-state index in [1.54, 1.807) is 6.07 Å². The van der Waals surface area contributed by atoms with Crippen LogP contribution in [0.2, 0.25) is 0 Å². The third-order valence-corrected chi connectivity index (χ3v) is 4.32. The minimum absolute atomic E-state index is 0.0987. The fraction of sp³-hybridized carbons (Fsp3) is 0.667. The standard InChI is InChI=1S/C18H27FO2/c1-16(2)10-17(3,4)12-18(20,11-16)9-13-6-7-15(21-5)14(19)8-13/h6-8,20H,9-12H2,1-5H3. The van der Waals surface area contributed by atoms with Crippen molar-refractivity contribution in [2.24, 2.45) is 10.8 Å². The van der Waals surface area contributed by atoms with Crippen molar-refractivity contribution in [2.75, 3.05) is 7.11 Å². The van der Waals surface area contributed by atoms with Gasteiger partial charge in [-0.05, 0) is 47.8 Å². The van der Waals surface area contributed by atoms with E-state index in [4.69, 9.17) is 4.74 Å². The van der Waals surface area contributed by atoms with Crippen molar-refractivity contribution in [1.82, 2.24) is 0 Å². The van der Waals surface area contributed by atoms with E-state index in [2.05, 4.69) is 27.7 Å². The Morgan fingerprint density at radius 2 is 1.67 bits per heavy atom. The molecule has 0 saturated heterocycles. The Morgan fingerprint density at radius 1 is 1.10 bits per heavy atom. The quantitative estimate of drug-likeness (QED) is 0.898. The third kappa shape index (κ3) is 3.97. The summed E-state index contributed by atoms with van der Waals surface area (Å²) in [6.45, 7) is 8.81. The average molecular weight is 294 g/mol. The van der Waals surface area contributed by atoms with Crippen molar-refractivity contribution in [2.45, 2.75) is 59.0 Å². The molecular formula is C18H27FO2. The van der Waals surface area contributed by atoms with Crippen molar-refractivity contribution in [1.29, 1.82) is 0 Å². The van der Waals surface area contributed by atoms with Crippen LogP contribution in [0.5, 0.6) is 5.75 Å². The van der Waals surface area contributed by atoms with Gasteiger partial charge in [0.1, 0.15) is 0 Å². The Labute approximate surface area is 127 Å². The van der Waals surface area contributed by atoms with E-state index in [1.165, 1.54) is 13.2 Å². The maximum atomic E-state index is 13.8. The normalized spacial score (nSPS) is 22.8. The molecule has 1 saturated carbocycles. The largest absolute Gasteiger partial charge is 0.494 e. The molecule has 1 aromatic carbocycles. The fourth-order valence-electron chi connectivity index (χ4n) is 4.59. The molecule has 1 aromatic rings. The molecule has 1 aliphatic carbocycles. The van der Waals surface area contributed by atoms with Gasteiger partial charge in [-0.1, -0.05) is 33.8 Å². The molecule has 118 valence electrons. The highest BCUT2D eigenvalue weighted by molar-refractivity contribution is 5.30. The molecule has 0 bridgehead atoms. The van der Waals surface area contributed by atoms with Crippen molar-refractivity contribution < 1.29 is 14.2 Å². The lowest BCUT2D eigenvalue weighted by Crippen LogP contribution is -2.47. The highest BCUT2D eigenvalue weighted by atomic mass is 19.1. The molecule has 21 heavy (non-hydrogen) atoms. The molecule has 2 rings (SSSR count). The van der Waals surface area contributed by atoms with Gasteiger partial charge in [0.15, 0.2) is 11.6 Å². The van der Waals surface area contributed by atoms with E-state index in [-0.39, 0.29) is 22.4 Å². The van der Waals surface area contributed by atoms with E-state index in [0.717, 1.165) is 24.8 Å². The fourth-order valence-corrected chi connectivity index (χ4v) is 4.59. The predicted octanol–water partition coefficient (Wildman–Crippen LogP) is 4.34. The number of benzene rings is 1. The van der Waals surface area contributed by atoms with E-state index < -0.39 is 5.60 Å². The second-order valence-electron chi connectivity index (χ2n) is 8.23. The molecule has 2 nitrogen and oxygen atoms in total. The number of hydrogen-bond acceptors (Lipinski definition) is 2. The van der Waals surface area contributed by atoms with E-state index in [1.807, 2.05) is 6.07 Å². The summed E-state index contributed by atoms with van der Waals surface area (Å²) in [5.41, 5.74) is 0.249. The van der Waals surface area contributed by atoms with Gasteiger partial charge in [0, 0.05) is 6.42 Å². The molecule has 0 amide bonds. The second-order valence-corrected chi connectivity index (χ2v) is 8.23. The second kappa shape index (κ2) is 5.28. The van der Waals surface area contributed by atoms with Gasteiger partial charge in [-0.2, -0.15) is 0 Å². The van der Waals surface area contributed by atoms with E-state index >= 15 is 0 Å². The van der Waals surface area contributed by atoms with Gasteiger partial charge in [-0.25, -0.2) is 4.39 Å². The lowest BCUT2D eigenvalue weighted by molar-refractivity contribution is -0.0851. The SMILES string of the molecule is COc1ccc(CC2(O)CC(C)(C)CC(C)(C)C2)cc1F. The summed E-state index contributed by atoms with van der Waals surface area (Å²) < 4.78 is 18.8. The number of aliphatic hydroxyl groups is 1. The van der Waals surface area contributed by atoms with Crippen molar-refractivity contribution in [3.8, 4) is 5.75 Å². The highest BCUT2D eigenvalue weighted by Gasteiger charge is 2.46. The van der Waals surface area contributed by atoms with Crippen LogP contribution in [0.3, 0.4) is 0 Å². The molecule has 1 aliphatic rings. The molecule has 3 heteroatoms. The maximum absolute atomic E-state index is 13.8. The van der Waals surface area contributed by atoms with Gasteiger partial charge in [-0.3, -0.25) is 0 Å². The summed E-state index contributed by atoms with van der Waals surface area (Å²) in [5, 5.41) is 11.1. The summed E-state index contributed by atoms with van der Waals surface area (Å²) in [6.07, 6.45) is 3.08. The summed E-state index contributed by atoms with van der Waals surface area (Å²) in [4.78, 5) is 0. The van der Waals surface area contributed by atoms with Gasteiger partial charge in [0.05, 0.1) is 12.7 Å². The first-order valence-electron chi connectivity index (χ1n) is 7.59. The van der Waals surface area contributed by atoms with Crippen LogP contribution < -0.4 is 4.74 Å². The molecular weight excluding hydrogens is 267 g/mol. The number of methoxy groups -OCH3 is 1. The lowest BCUT2D eigenvalue weighted by Gasteiger charge is -2.49. The molecule has 0 aliphatic heterocycles. The van der Waals surface area contributed by atoms with Crippen molar-refractivity contribution in [3.05, 3.63) is 29.6 Å². The van der Waals surface area contributed by atoms with Gasteiger partial charge >= 0.3 is 0 Å². The number of halogens is 1. The zero-order valence-electron chi connectivity index (χ0n) is 13.8. The Hall–Kier alpha value is -1.09. The zero-order valence-corrected chi connectivity index (χ0v) is 13.8. The Morgan fingerprint density at radius 3 is 2.14 bits per heavy atom. The Bertz CT molecular complexity index is 504. The summed E-state index contributed by atoms with van der Waals surface area (Å²) >= 11 is 0. The van der Waals surface area contributed by atoms with Gasteiger partial charge in [-0.15, -0.1) is 0 Å². The Kier molecular flexibility index (Phi) is 4.09. The van der Waals surface area contributed by atoms with Gasteiger partial charge in [0.2, 0.25) is 0 Å². The third-order valence-electron chi connectivity index (χ3n) is 4.32. The molecule has 0 heterocycles. The topological polar surface area (TPSA) is 29.5 Å². The first-order chi connectivity index (χ1) is 9.54. The molecule has 0 atom stereocenters. The minimum Gasteiger partial charge on any atom is -0.494 e. The molecule has 0 unspecified atom stereocenters. The average Bonchev–Trinajstić information content (AvgIpc) is 2.23. The van der Waals surface area contributed by atoms with Crippen molar-refractivity contribution in [3.63, 3.8) is 0 Å². The summed E-state index contributed by atoms with van der Waals surface area (Å²) in [5.74, 6) is -0.122. The first kappa shape index (κ1) is 16.3. The summed E-state index contributed by atoms with van der Waals surface area (Å²) in [6, 6.07) is 4.95. The maximum Gasteiger partial charge on any atom is 0.165 e. The number of hydrogen-bond donors (Lipinski definition) is 1. The van der Waals surface area contributed by atoms with Crippen LogP contribution in [0.1, 0.15) is 52.5 Å². The molecule has 1 N–H and O–H groups in total. The molecule has 0 aromatic heterocycles. The van der Waals surface area contributed by atoms with Crippen LogP contribution in [-0.2, 0) is 6.42 Å². The van der Waals surface area contributed by atoms with Crippen LogP contribution in [0.25, 0.3) is 0 Å². The summed E-state index contributed by atoms with van der Waals surface area (Å²) in [7, 11) is 1.46. The van der Waals surface area contributed by atoms with Crippen LogP contribution in [0.4, 0.5) is 4.39 Å². The molecule has 1 fully saturated rings. The first-order valence-corrected chi connectivity index (χ1v) is 7.59. The molecule has 0 radical (unpaired) electrons. The van der Waals surface area contributed by atoms with Crippen LogP contribution in [0.15, 0.2) is 18.2 Å². The monoisotopic (exact) mass is 294 g/mol. The van der Waals surface area contributed by atoms with Crippen LogP contribution in [0, 0.1) is 16.6 Å². The predicted molar refractivity (Wildman–Crippen MR) is 83.0 cm³/mol. The zero-order chi connectivity index (χ0) is 15.9. The van der Waals surface area contributed by atoms with Gasteiger partial charge < -0.3 is 9.84 Å². The lowest BCUT2D eigenvalue weighted by atomic mass is 9.58. The van der Waals surface area contributed by atoms with Crippen molar-refractivity contribution >= 4 is 0 Å². The minimum atomic E-state index is -0.772.